The first-order valence-electron chi connectivity index (χ1n) is 6.42. The van der Waals surface area contributed by atoms with E-state index < -0.39 is 0 Å². The van der Waals surface area contributed by atoms with Crippen molar-refractivity contribution in [2.45, 2.75) is 6.54 Å². The van der Waals surface area contributed by atoms with Crippen molar-refractivity contribution >= 4 is 16.8 Å². The van der Waals surface area contributed by atoms with E-state index in [1.54, 1.807) is 6.07 Å². The summed E-state index contributed by atoms with van der Waals surface area (Å²) in [5.41, 5.74) is 2.30. The van der Waals surface area contributed by atoms with Gasteiger partial charge in [-0.15, -0.1) is 0 Å². The van der Waals surface area contributed by atoms with Gasteiger partial charge in [-0.25, -0.2) is 4.98 Å². The number of nitrogens with one attached hydrogen (secondary N) is 1. The molecular formula is C17H13N2O. The van der Waals surface area contributed by atoms with E-state index >= 15 is 0 Å². The summed E-state index contributed by atoms with van der Waals surface area (Å²) < 4.78 is 0. The molecule has 0 aliphatic rings. The Morgan fingerprint density at radius 2 is 1.85 bits per heavy atom. The minimum Gasteiger partial charge on any atom is -0.347 e. The highest BCUT2D eigenvalue weighted by Gasteiger charge is 2.07. The monoisotopic (exact) mass is 261 g/mol. The van der Waals surface area contributed by atoms with Crippen LogP contribution < -0.4 is 5.32 Å². The average Bonchev–Trinajstić information content (AvgIpc) is 2.53. The second-order valence-corrected chi connectivity index (χ2v) is 4.48. The van der Waals surface area contributed by atoms with Crippen LogP contribution in [0.5, 0.6) is 0 Å². The van der Waals surface area contributed by atoms with Crippen molar-refractivity contribution in [1.29, 1.82) is 0 Å². The van der Waals surface area contributed by atoms with Crippen LogP contribution in [0.2, 0.25) is 0 Å². The van der Waals surface area contributed by atoms with Gasteiger partial charge in [0, 0.05) is 11.9 Å². The lowest BCUT2D eigenvalue weighted by Gasteiger charge is -2.05. The number of carbonyl (C=O) groups excluding carboxylic acids is 1. The molecule has 0 atom stereocenters. The van der Waals surface area contributed by atoms with Gasteiger partial charge in [-0.2, -0.15) is 0 Å². The van der Waals surface area contributed by atoms with Crippen molar-refractivity contribution in [2.24, 2.45) is 0 Å². The molecular weight excluding hydrogens is 248 g/mol. The lowest BCUT2D eigenvalue weighted by atomic mass is 10.2. The Labute approximate surface area is 117 Å². The van der Waals surface area contributed by atoms with Crippen molar-refractivity contribution in [1.82, 2.24) is 10.3 Å². The molecule has 1 N–H and O–H groups in total. The van der Waals surface area contributed by atoms with Crippen molar-refractivity contribution in [2.75, 3.05) is 0 Å². The van der Waals surface area contributed by atoms with Gasteiger partial charge in [-0.1, -0.05) is 48.5 Å². The number of hydrogen-bond acceptors (Lipinski definition) is 2. The van der Waals surface area contributed by atoms with Crippen LogP contribution in [0.1, 0.15) is 16.1 Å². The number of para-hydroxylation sites is 1. The number of benzene rings is 2. The van der Waals surface area contributed by atoms with E-state index in [9.17, 15) is 4.79 Å². The summed E-state index contributed by atoms with van der Waals surface area (Å²) in [4.78, 5) is 16.4. The van der Waals surface area contributed by atoms with Gasteiger partial charge in [0.1, 0.15) is 5.69 Å². The molecule has 0 aliphatic carbocycles. The first-order chi connectivity index (χ1) is 9.83. The van der Waals surface area contributed by atoms with E-state index in [2.05, 4.69) is 16.4 Å². The fraction of sp³-hybridized carbons (Fsp3) is 0.0588. The van der Waals surface area contributed by atoms with Gasteiger partial charge in [-0.05, 0) is 23.8 Å². The first kappa shape index (κ1) is 12.4. The Hall–Kier alpha value is -2.68. The number of rotatable bonds is 3. The number of pyridine rings is 1. The summed E-state index contributed by atoms with van der Waals surface area (Å²) in [6.45, 7) is 0.488. The van der Waals surface area contributed by atoms with Crippen LogP contribution >= 0.6 is 0 Å². The van der Waals surface area contributed by atoms with Crippen LogP contribution in [-0.2, 0) is 6.54 Å². The van der Waals surface area contributed by atoms with Crippen LogP contribution in [-0.4, -0.2) is 10.9 Å². The van der Waals surface area contributed by atoms with Gasteiger partial charge >= 0.3 is 0 Å². The molecule has 0 aliphatic heterocycles. The van der Waals surface area contributed by atoms with Crippen LogP contribution in [0, 0.1) is 6.07 Å². The summed E-state index contributed by atoms with van der Waals surface area (Å²) >= 11 is 0. The van der Waals surface area contributed by atoms with Gasteiger partial charge in [0.25, 0.3) is 5.91 Å². The lowest BCUT2D eigenvalue weighted by Crippen LogP contribution is -2.23. The molecule has 0 saturated heterocycles. The van der Waals surface area contributed by atoms with Crippen molar-refractivity contribution < 1.29 is 4.79 Å². The predicted molar refractivity (Wildman–Crippen MR) is 78.2 cm³/mol. The summed E-state index contributed by atoms with van der Waals surface area (Å²) in [6.07, 6.45) is 0. The number of nitrogens with zero attached hydrogens (tertiary/aromatic N) is 1. The van der Waals surface area contributed by atoms with Gasteiger partial charge in [0.2, 0.25) is 0 Å². The Morgan fingerprint density at radius 3 is 2.70 bits per heavy atom. The van der Waals surface area contributed by atoms with Gasteiger partial charge in [-0.3, -0.25) is 4.79 Å². The van der Waals surface area contributed by atoms with Crippen LogP contribution in [0.4, 0.5) is 0 Å². The standard InChI is InChI=1S/C17H13N2O/c20-17(18-12-13-6-2-1-3-7-13)16-11-10-14-8-4-5-9-15(14)19-16/h2-11H,12H2,(H,18,20). The molecule has 1 amide bonds. The molecule has 97 valence electrons. The summed E-state index contributed by atoms with van der Waals surface area (Å²) in [6, 6.07) is 21.9. The number of amides is 1. The molecule has 20 heavy (non-hydrogen) atoms. The summed E-state index contributed by atoms with van der Waals surface area (Å²) in [5.74, 6) is -0.163. The molecule has 3 rings (SSSR count). The highest BCUT2D eigenvalue weighted by atomic mass is 16.1. The van der Waals surface area contributed by atoms with E-state index in [1.165, 1.54) is 0 Å². The molecule has 0 spiro atoms. The molecule has 1 radical (unpaired) electrons. The van der Waals surface area contributed by atoms with Crippen LogP contribution in [0.3, 0.4) is 0 Å². The highest BCUT2D eigenvalue weighted by molar-refractivity contribution is 5.94. The van der Waals surface area contributed by atoms with Gasteiger partial charge < -0.3 is 5.32 Å². The largest absolute Gasteiger partial charge is 0.347 e. The fourth-order valence-electron chi connectivity index (χ4n) is 2.00. The Morgan fingerprint density at radius 1 is 1.05 bits per heavy atom. The Bertz CT molecular complexity index is 738. The highest BCUT2D eigenvalue weighted by Crippen LogP contribution is 2.11. The Balaban J connectivity index is 1.75. The van der Waals surface area contributed by atoms with Crippen LogP contribution in [0.25, 0.3) is 10.9 Å². The molecule has 3 nitrogen and oxygen atoms in total. The molecule has 0 unspecified atom stereocenters. The van der Waals surface area contributed by atoms with Crippen molar-refractivity contribution in [3.63, 3.8) is 0 Å². The Kier molecular flexibility index (Phi) is 3.42. The number of aromatic nitrogens is 1. The molecule has 3 heteroatoms. The number of carbonyl (C=O) groups is 1. The molecule has 1 aromatic heterocycles. The molecule has 3 aromatic rings. The smallest absolute Gasteiger partial charge is 0.270 e. The van der Waals surface area contributed by atoms with E-state index in [0.29, 0.717) is 12.2 Å². The molecule has 0 bridgehead atoms. The van der Waals surface area contributed by atoms with Gasteiger partial charge in [0.15, 0.2) is 0 Å². The van der Waals surface area contributed by atoms with Crippen molar-refractivity contribution in [3.05, 3.63) is 78.0 Å². The number of hydrogen-bond donors (Lipinski definition) is 1. The lowest BCUT2D eigenvalue weighted by molar-refractivity contribution is 0.0946. The zero-order valence-corrected chi connectivity index (χ0v) is 10.8. The summed E-state index contributed by atoms with van der Waals surface area (Å²) in [7, 11) is 0. The topological polar surface area (TPSA) is 42.0 Å². The molecule has 1 heterocycles. The second kappa shape index (κ2) is 5.53. The predicted octanol–water partition coefficient (Wildman–Crippen LogP) is 2.96. The fourth-order valence-corrected chi connectivity index (χ4v) is 2.00. The third-order valence-electron chi connectivity index (χ3n) is 3.07. The second-order valence-electron chi connectivity index (χ2n) is 4.48. The third kappa shape index (κ3) is 2.67. The quantitative estimate of drug-likeness (QED) is 0.787. The zero-order chi connectivity index (χ0) is 13.8. The zero-order valence-electron chi connectivity index (χ0n) is 10.8. The SMILES string of the molecule is O=C(NCc1cc[c]cc1)c1ccc2ccccc2n1. The minimum atomic E-state index is -0.163. The van der Waals surface area contributed by atoms with E-state index in [1.807, 2.05) is 54.6 Å². The van der Waals surface area contributed by atoms with Crippen molar-refractivity contribution in [3.8, 4) is 0 Å². The van der Waals surface area contributed by atoms with E-state index in [0.717, 1.165) is 16.5 Å². The van der Waals surface area contributed by atoms with E-state index in [-0.39, 0.29) is 5.91 Å². The first-order valence-corrected chi connectivity index (χ1v) is 6.42. The normalized spacial score (nSPS) is 10.4. The van der Waals surface area contributed by atoms with Gasteiger partial charge in [0.05, 0.1) is 5.52 Å². The third-order valence-corrected chi connectivity index (χ3v) is 3.07. The molecule has 2 aromatic carbocycles. The molecule has 0 fully saturated rings. The summed E-state index contributed by atoms with van der Waals surface area (Å²) in [5, 5.41) is 3.89. The minimum absolute atomic E-state index is 0.163. The maximum absolute atomic E-state index is 12.1. The maximum Gasteiger partial charge on any atom is 0.270 e. The average molecular weight is 261 g/mol. The number of fused-ring (bicyclic) bond motifs is 1. The van der Waals surface area contributed by atoms with E-state index in [4.69, 9.17) is 0 Å². The van der Waals surface area contributed by atoms with Crippen LogP contribution in [0.15, 0.2) is 60.7 Å². The molecule has 0 saturated carbocycles. The maximum atomic E-state index is 12.1.